The molecule has 0 aromatic heterocycles. The summed E-state index contributed by atoms with van der Waals surface area (Å²) in [4.78, 5) is 23.6. The van der Waals surface area contributed by atoms with Gasteiger partial charge in [-0.3, -0.25) is 9.59 Å². The molecule has 0 saturated heterocycles. The minimum atomic E-state index is -0.946. The topological polar surface area (TPSA) is 67.4 Å². The van der Waals surface area contributed by atoms with Crippen LogP contribution in [0.1, 0.15) is 21.5 Å². The van der Waals surface area contributed by atoms with Gasteiger partial charge in [0.05, 0.1) is 5.56 Å². The smallest absolute Gasteiger partial charge is 0.258 e. The molecule has 0 aliphatic carbocycles. The SMILES string of the molecule is Cc1cc(OCC(=O)NCCNC(=O)c2ccc(F)cc2F)cc(C)c1Cl. The fourth-order valence-electron chi connectivity index (χ4n) is 2.34. The van der Waals surface area contributed by atoms with Crippen molar-refractivity contribution in [2.75, 3.05) is 19.7 Å². The standard InChI is InChI=1S/C19H19ClF2N2O3/c1-11-7-14(8-12(2)18(11)20)27-10-17(25)23-5-6-24-19(26)15-4-3-13(21)9-16(15)22/h3-4,7-9H,5-6,10H2,1-2H3,(H,23,25)(H,24,26). The molecule has 0 aliphatic heterocycles. The van der Waals surface area contributed by atoms with Gasteiger partial charge >= 0.3 is 0 Å². The van der Waals surface area contributed by atoms with Crippen molar-refractivity contribution < 1.29 is 23.1 Å². The molecular formula is C19H19ClF2N2O3. The summed E-state index contributed by atoms with van der Waals surface area (Å²) in [5.74, 6) is -2.24. The average Bonchev–Trinajstić information content (AvgIpc) is 2.61. The Labute approximate surface area is 160 Å². The lowest BCUT2D eigenvalue weighted by molar-refractivity contribution is -0.123. The zero-order chi connectivity index (χ0) is 20.0. The largest absolute Gasteiger partial charge is 0.484 e. The maximum atomic E-state index is 13.5. The molecule has 2 aromatic carbocycles. The summed E-state index contributed by atoms with van der Waals surface area (Å²) in [6, 6.07) is 6.16. The van der Waals surface area contributed by atoms with Crippen LogP contribution in [0.25, 0.3) is 0 Å². The zero-order valence-corrected chi connectivity index (χ0v) is 15.6. The van der Waals surface area contributed by atoms with E-state index in [1.165, 1.54) is 0 Å². The zero-order valence-electron chi connectivity index (χ0n) is 14.9. The highest BCUT2D eigenvalue weighted by atomic mass is 35.5. The fraction of sp³-hybridized carbons (Fsp3) is 0.263. The number of hydrogen-bond donors (Lipinski definition) is 2. The molecule has 27 heavy (non-hydrogen) atoms. The van der Waals surface area contributed by atoms with Crippen LogP contribution in [-0.2, 0) is 4.79 Å². The van der Waals surface area contributed by atoms with Crippen molar-refractivity contribution in [1.82, 2.24) is 10.6 Å². The van der Waals surface area contributed by atoms with Gasteiger partial charge < -0.3 is 15.4 Å². The highest BCUT2D eigenvalue weighted by Gasteiger charge is 2.12. The van der Waals surface area contributed by atoms with Gasteiger partial charge in [0.25, 0.3) is 11.8 Å². The number of carbonyl (C=O) groups excluding carboxylic acids is 2. The first-order valence-electron chi connectivity index (χ1n) is 8.17. The number of halogens is 3. The molecule has 2 amide bonds. The van der Waals surface area contributed by atoms with Crippen LogP contribution < -0.4 is 15.4 Å². The Hall–Kier alpha value is -2.67. The molecular weight excluding hydrogens is 378 g/mol. The van der Waals surface area contributed by atoms with E-state index in [0.717, 1.165) is 23.3 Å². The number of amides is 2. The molecule has 0 radical (unpaired) electrons. The Bertz CT molecular complexity index is 836. The van der Waals surface area contributed by atoms with Gasteiger partial charge in [-0.2, -0.15) is 0 Å². The van der Waals surface area contributed by atoms with E-state index in [1.807, 2.05) is 13.8 Å². The molecule has 2 N–H and O–H groups in total. The first-order valence-corrected chi connectivity index (χ1v) is 8.55. The summed E-state index contributed by atoms with van der Waals surface area (Å²) in [5, 5.41) is 5.66. The lowest BCUT2D eigenvalue weighted by Gasteiger charge is -2.11. The van der Waals surface area contributed by atoms with E-state index in [9.17, 15) is 18.4 Å². The van der Waals surface area contributed by atoms with E-state index in [4.69, 9.17) is 16.3 Å². The number of benzene rings is 2. The van der Waals surface area contributed by atoms with Crippen LogP contribution in [0.3, 0.4) is 0 Å². The number of ether oxygens (including phenoxy) is 1. The molecule has 144 valence electrons. The number of hydrogen-bond acceptors (Lipinski definition) is 3. The Morgan fingerprint density at radius 3 is 2.30 bits per heavy atom. The van der Waals surface area contributed by atoms with Gasteiger partial charge in [-0.1, -0.05) is 11.6 Å². The molecule has 2 rings (SSSR count). The average molecular weight is 397 g/mol. The summed E-state index contributed by atoms with van der Waals surface area (Å²) >= 11 is 6.07. The molecule has 5 nitrogen and oxygen atoms in total. The van der Waals surface area contributed by atoms with Crippen molar-refractivity contribution >= 4 is 23.4 Å². The van der Waals surface area contributed by atoms with Gasteiger partial charge in [-0.15, -0.1) is 0 Å². The van der Waals surface area contributed by atoms with E-state index in [0.29, 0.717) is 16.8 Å². The van der Waals surface area contributed by atoms with Crippen LogP contribution >= 0.6 is 11.6 Å². The predicted octanol–water partition coefficient (Wildman–Crippen LogP) is 3.16. The van der Waals surface area contributed by atoms with Gasteiger partial charge in [-0.05, 0) is 49.2 Å². The number of aryl methyl sites for hydroxylation is 2. The summed E-state index contributed by atoms with van der Waals surface area (Å²) < 4.78 is 31.7. The normalized spacial score (nSPS) is 10.4. The third-order valence-electron chi connectivity index (χ3n) is 3.69. The Morgan fingerprint density at radius 1 is 1.04 bits per heavy atom. The highest BCUT2D eigenvalue weighted by molar-refractivity contribution is 6.32. The van der Waals surface area contributed by atoms with Crippen LogP contribution in [-0.4, -0.2) is 31.5 Å². The molecule has 2 aromatic rings. The molecule has 0 aliphatic rings. The predicted molar refractivity (Wildman–Crippen MR) is 98.1 cm³/mol. The van der Waals surface area contributed by atoms with Gasteiger partial charge in [0.15, 0.2) is 6.61 Å². The minimum Gasteiger partial charge on any atom is -0.484 e. The number of nitrogens with one attached hydrogen (secondary N) is 2. The Balaban J connectivity index is 1.72. The maximum absolute atomic E-state index is 13.5. The van der Waals surface area contributed by atoms with Gasteiger partial charge in [-0.25, -0.2) is 8.78 Å². The van der Waals surface area contributed by atoms with Crippen molar-refractivity contribution in [1.29, 1.82) is 0 Å². The van der Waals surface area contributed by atoms with E-state index in [-0.39, 0.29) is 31.2 Å². The van der Waals surface area contributed by atoms with Crippen molar-refractivity contribution in [3.8, 4) is 5.75 Å². The second-order valence-electron chi connectivity index (χ2n) is 5.89. The second-order valence-corrected chi connectivity index (χ2v) is 6.27. The van der Waals surface area contributed by atoms with Crippen molar-refractivity contribution in [2.24, 2.45) is 0 Å². The Kier molecular flexibility index (Phi) is 7.12. The van der Waals surface area contributed by atoms with Crippen molar-refractivity contribution in [3.05, 3.63) is 63.7 Å². The van der Waals surface area contributed by atoms with Crippen LogP contribution in [0.5, 0.6) is 5.75 Å². The number of rotatable bonds is 7. The van der Waals surface area contributed by atoms with Gasteiger partial charge in [0, 0.05) is 24.2 Å². The fourth-order valence-corrected chi connectivity index (χ4v) is 2.45. The summed E-state index contributed by atoms with van der Waals surface area (Å²) in [5.41, 5.74) is 1.44. The molecule has 0 heterocycles. The van der Waals surface area contributed by atoms with E-state index in [2.05, 4.69) is 10.6 Å². The summed E-state index contributed by atoms with van der Waals surface area (Å²) in [6.45, 7) is 3.71. The molecule has 0 spiro atoms. The number of carbonyl (C=O) groups is 2. The van der Waals surface area contributed by atoms with E-state index < -0.39 is 17.5 Å². The first kappa shape index (κ1) is 20.6. The minimum absolute atomic E-state index is 0.0839. The van der Waals surface area contributed by atoms with Crippen LogP contribution in [0, 0.1) is 25.5 Å². The summed E-state index contributed by atoms with van der Waals surface area (Å²) in [7, 11) is 0. The second kappa shape index (κ2) is 9.32. The lowest BCUT2D eigenvalue weighted by atomic mass is 10.1. The van der Waals surface area contributed by atoms with Crippen molar-refractivity contribution in [2.45, 2.75) is 13.8 Å². The molecule has 0 saturated carbocycles. The van der Waals surface area contributed by atoms with Crippen molar-refractivity contribution in [3.63, 3.8) is 0 Å². The maximum Gasteiger partial charge on any atom is 0.258 e. The van der Waals surface area contributed by atoms with Crippen LogP contribution in [0.4, 0.5) is 8.78 Å². The van der Waals surface area contributed by atoms with Gasteiger partial charge in [0.1, 0.15) is 17.4 Å². The Morgan fingerprint density at radius 2 is 1.67 bits per heavy atom. The van der Waals surface area contributed by atoms with Crippen LogP contribution in [0.2, 0.25) is 5.02 Å². The van der Waals surface area contributed by atoms with E-state index >= 15 is 0 Å². The summed E-state index contributed by atoms with van der Waals surface area (Å²) in [6.07, 6.45) is 0. The third-order valence-corrected chi connectivity index (χ3v) is 4.28. The first-order chi connectivity index (χ1) is 12.8. The quantitative estimate of drug-likeness (QED) is 0.706. The molecule has 8 heteroatoms. The highest BCUT2D eigenvalue weighted by Crippen LogP contribution is 2.25. The molecule has 0 unspecified atom stereocenters. The van der Waals surface area contributed by atoms with Gasteiger partial charge in [0.2, 0.25) is 0 Å². The monoisotopic (exact) mass is 396 g/mol. The molecule has 0 bridgehead atoms. The van der Waals surface area contributed by atoms with E-state index in [1.54, 1.807) is 12.1 Å². The lowest BCUT2D eigenvalue weighted by Crippen LogP contribution is -2.37. The molecule has 0 fully saturated rings. The third kappa shape index (κ3) is 5.92. The van der Waals surface area contributed by atoms with Crippen LogP contribution in [0.15, 0.2) is 30.3 Å². The molecule has 0 atom stereocenters.